The van der Waals surface area contributed by atoms with Crippen molar-refractivity contribution in [2.75, 3.05) is 31.3 Å². The van der Waals surface area contributed by atoms with Crippen molar-refractivity contribution < 1.29 is 29.0 Å². The van der Waals surface area contributed by atoms with E-state index in [1.165, 1.54) is 4.90 Å². The van der Waals surface area contributed by atoms with Crippen molar-refractivity contribution in [3.8, 4) is 0 Å². The van der Waals surface area contributed by atoms with Gasteiger partial charge >= 0.3 is 11.9 Å². The number of thioether (sulfide) groups is 2. The molecule has 3 rings (SSSR count). The summed E-state index contributed by atoms with van der Waals surface area (Å²) in [4.78, 5) is 38.9. The fourth-order valence-electron chi connectivity index (χ4n) is 3.92. The highest BCUT2D eigenvalue weighted by Crippen LogP contribution is 2.51. The van der Waals surface area contributed by atoms with E-state index in [-0.39, 0.29) is 23.2 Å². The molecule has 0 bridgehead atoms. The molecule has 2 N–H and O–H groups in total. The van der Waals surface area contributed by atoms with Gasteiger partial charge in [-0.1, -0.05) is 30.3 Å². The smallest absolute Gasteiger partial charge is 0.326 e. The zero-order valence-corrected chi connectivity index (χ0v) is 20.0. The van der Waals surface area contributed by atoms with Crippen LogP contribution in [0.3, 0.4) is 0 Å². The van der Waals surface area contributed by atoms with Gasteiger partial charge in [-0.15, -0.1) is 23.5 Å². The normalized spacial score (nSPS) is 21.4. The molecule has 32 heavy (non-hydrogen) atoms. The zero-order chi connectivity index (χ0) is 23.1. The summed E-state index contributed by atoms with van der Waals surface area (Å²) in [6.07, 6.45) is 0.428. The van der Waals surface area contributed by atoms with Gasteiger partial charge in [-0.2, -0.15) is 0 Å². The van der Waals surface area contributed by atoms with E-state index in [0.29, 0.717) is 19.6 Å². The lowest BCUT2D eigenvalue weighted by Gasteiger charge is -2.28. The molecule has 2 saturated heterocycles. The van der Waals surface area contributed by atoms with Crippen LogP contribution < -0.4 is 5.32 Å². The molecule has 2 aliphatic rings. The standard InChI is InChI=1S/C22H30N2O6S2/c1-3-30-21(28)17(13-29-12-16-7-5-4-6-8-16)23-15(2)19(25)24-14-22(31-9-10-32-22)11-18(24)20(26)27/h4-8,15,17-18,23H,3,9-14H2,1-2H3,(H,26,27)/t15?,17-,18-/m0/s1. The molecule has 2 fully saturated rings. The number of likely N-dealkylation sites (tertiary alicyclic amines) is 1. The molecule has 2 heterocycles. The Hall–Kier alpha value is -1.75. The van der Waals surface area contributed by atoms with Crippen molar-refractivity contribution in [2.24, 2.45) is 0 Å². The first-order valence-electron chi connectivity index (χ1n) is 10.7. The van der Waals surface area contributed by atoms with E-state index in [4.69, 9.17) is 9.47 Å². The van der Waals surface area contributed by atoms with Gasteiger partial charge in [-0.25, -0.2) is 4.79 Å². The summed E-state index contributed by atoms with van der Waals surface area (Å²) in [5.41, 5.74) is 0.970. The molecule has 10 heteroatoms. The number of rotatable bonds is 10. The van der Waals surface area contributed by atoms with E-state index in [9.17, 15) is 19.5 Å². The number of carboxylic acids is 1. The van der Waals surface area contributed by atoms with E-state index in [1.54, 1.807) is 37.4 Å². The van der Waals surface area contributed by atoms with Crippen LogP contribution in [0.4, 0.5) is 0 Å². The maximum absolute atomic E-state index is 13.2. The van der Waals surface area contributed by atoms with Crippen LogP contribution >= 0.6 is 23.5 Å². The van der Waals surface area contributed by atoms with Crippen LogP contribution in [0.15, 0.2) is 30.3 Å². The zero-order valence-electron chi connectivity index (χ0n) is 18.3. The van der Waals surface area contributed by atoms with Gasteiger partial charge in [0.25, 0.3) is 0 Å². The number of aliphatic carboxylic acids is 1. The molecule has 176 valence electrons. The summed E-state index contributed by atoms with van der Waals surface area (Å²) in [5.74, 6) is 0.0748. The predicted octanol–water partition coefficient (Wildman–Crippen LogP) is 1.97. The number of esters is 1. The number of nitrogens with one attached hydrogen (secondary N) is 1. The third kappa shape index (κ3) is 6.18. The second-order valence-electron chi connectivity index (χ2n) is 7.83. The van der Waals surface area contributed by atoms with Crippen LogP contribution in [0.2, 0.25) is 0 Å². The van der Waals surface area contributed by atoms with Crippen LogP contribution in [0.5, 0.6) is 0 Å². The highest BCUT2D eigenvalue weighted by Gasteiger charge is 2.52. The van der Waals surface area contributed by atoms with E-state index in [1.807, 2.05) is 30.3 Å². The quantitative estimate of drug-likeness (QED) is 0.484. The molecule has 8 nitrogen and oxygen atoms in total. The number of hydrogen-bond acceptors (Lipinski definition) is 8. The molecule has 0 aromatic heterocycles. The van der Waals surface area contributed by atoms with Crippen LogP contribution in [-0.4, -0.2) is 81.3 Å². The number of nitrogens with zero attached hydrogens (tertiary/aromatic N) is 1. The molecule has 3 atom stereocenters. The number of hydrogen-bond donors (Lipinski definition) is 2. The van der Waals surface area contributed by atoms with Gasteiger partial charge < -0.3 is 19.5 Å². The molecule has 0 saturated carbocycles. The molecule has 1 spiro atoms. The summed E-state index contributed by atoms with van der Waals surface area (Å²) in [6, 6.07) is 7.10. The molecule has 2 aliphatic heterocycles. The Morgan fingerprint density at radius 3 is 2.56 bits per heavy atom. The fraction of sp³-hybridized carbons (Fsp3) is 0.591. The molecular weight excluding hydrogens is 452 g/mol. The second-order valence-corrected chi connectivity index (χ2v) is 11.0. The van der Waals surface area contributed by atoms with Crippen molar-refractivity contribution in [3.05, 3.63) is 35.9 Å². The average Bonchev–Trinajstić information content (AvgIpc) is 3.40. The van der Waals surface area contributed by atoms with Crippen LogP contribution in [-0.2, 0) is 30.5 Å². The number of ether oxygens (including phenoxy) is 2. The van der Waals surface area contributed by atoms with Crippen molar-refractivity contribution in [2.45, 2.75) is 49.1 Å². The summed E-state index contributed by atoms with van der Waals surface area (Å²) in [7, 11) is 0. The Morgan fingerprint density at radius 1 is 1.25 bits per heavy atom. The SMILES string of the molecule is CCOC(=O)[C@H](COCc1ccccc1)NC(C)C(=O)N1CC2(C[C@H]1C(=O)O)SCCS2. The Balaban J connectivity index is 1.63. The lowest BCUT2D eigenvalue weighted by Crippen LogP contribution is -2.54. The monoisotopic (exact) mass is 482 g/mol. The Morgan fingerprint density at radius 2 is 1.94 bits per heavy atom. The second kappa shape index (κ2) is 11.4. The largest absolute Gasteiger partial charge is 0.480 e. The van der Waals surface area contributed by atoms with E-state index in [2.05, 4.69) is 5.32 Å². The summed E-state index contributed by atoms with van der Waals surface area (Å²) >= 11 is 3.46. The van der Waals surface area contributed by atoms with Gasteiger partial charge in [0.15, 0.2) is 0 Å². The van der Waals surface area contributed by atoms with Crippen molar-refractivity contribution >= 4 is 41.4 Å². The minimum Gasteiger partial charge on any atom is -0.480 e. The van der Waals surface area contributed by atoms with Crippen LogP contribution in [0.1, 0.15) is 25.8 Å². The summed E-state index contributed by atoms with van der Waals surface area (Å²) in [5, 5.41) is 12.7. The summed E-state index contributed by atoms with van der Waals surface area (Å²) < 4.78 is 10.6. The first kappa shape index (κ1) is 24.9. The molecular formula is C22H30N2O6S2. The minimum atomic E-state index is -0.997. The highest BCUT2D eigenvalue weighted by molar-refractivity contribution is 8.21. The lowest BCUT2D eigenvalue weighted by molar-refractivity contribution is -0.151. The number of benzene rings is 1. The summed E-state index contributed by atoms with van der Waals surface area (Å²) in [6.45, 7) is 4.31. The molecule has 0 radical (unpaired) electrons. The van der Waals surface area contributed by atoms with Crippen molar-refractivity contribution in [1.82, 2.24) is 10.2 Å². The average molecular weight is 483 g/mol. The van der Waals surface area contributed by atoms with Crippen molar-refractivity contribution in [3.63, 3.8) is 0 Å². The lowest BCUT2D eigenvalue weighted by atomic mass is 10.2. The van der Waals surface area contributed by atoms with E-state index in [0.717, 1.165) is 17.1 Å². The van der Waals surface area contributed by atoms with Crippen LogP contribution in [0.25, 0.3) is 0 Å². The van der Waals surface area contributed by atoms with Gasteiger partial charge in [0.1, 0.15) is 12.1 Å². The first-order chi connectivity index (χ1) is 15.3. The Kier molecular flexibility index (Phi) is 8.87. The Bertz CT molecular complexity index is 803. The third-order valence-electron chi connectivity index (χ3n) is 5.46. The molecule has 1 amide bonds. The molecule has 1 aromatic rings. The highest BCUT2D eigenvalue weighted by atomic mass is 32.2. The van der Waals surface area contributed by atoms with E-state index >= 15 is 0 Å². The molecule has 0 aliphatic carbocycles. The van der Waals surface area contributed by atoms with Gasteiger partial charge in [0.05, 0.1) is 29.9 Å². The number of carboxylic acid groups (broad SMARTS) is 1. The number of carbonyl (C=O) groups excluding carboxylic acids is 2. The van der Waals surface area contributed by atoms with Gasteiger partial charge in [-0.3, -0.25) is 14.9 Å². The number of amides is 1. The molecule has 1 unspecified atom stereocenters. The molecule has 1 aromatic carbocycles. The minimum absolute atomic E-state index is 0.0311. The van der Waals surface area contributed by atoms with Gasteiger partial charge in [0, 0.05) is 24.5 Å². The maximum Gasteiger partial charge on any atom is 0.326 e. The maximum atomic E-state index is 13.2. The van der Waals surface area contributed by atoms with Gasteiger partial charge in [0.2, 0.25) is 5.91 Å². The third-order valence-corrected chi connectivity index (χ3v) is 8.89. The van der Waals surface area contributed by atoms with Gasteiger partial charge in [-0.05, 0) is 19.4 Å². The van der Waals surface area contributed by atoms with Crippen LogP contribution in [0, 0.1) is 0 Å². The Labute approximate surface area is 196 Å². The first-order valence-corrected chi connectivity index (χ1v) is 12.7. The predicted molar refractivity (Wildman–Crippen MR) is 125 cm³/mol. The number of carbonyl (C=O) groups is 3. The van der Waals surface area contributed by atoms with Crippen molar-refractivity contribution in [1.29, 1.82) is 0 Å². The topological polar surface area (TPSA) is 105 Å². The van der Waals surface area contributed by atoms with E-state index < -0.39 is 30.1 Å². The fourth-order valence-corrected chi connectivity index (χ4v) is 7.17.